The average Bonchev–Trinajstić information content (AvgIpc) is 3.06. The van der Waals surface area contributed by atoms with E-state index in [0.717, 1.165) is 33.9 Å². The van der Waals surface area contributed by atoms with Crippen molar-refractivity contribution < 1.29 is 4.79 Å². The van der Waals surface area contributed by atoms with Gasteiger partial charge >= 0.3 is 0 Å². The fraction of sp³-hybridized carbons (Fsp3) is 0.250. The molecule has 0 unspecified atom stereocenters. The predicted molar refractivity (Wildman–Crippen MR) is 67.4 cm³/mol. The second kappa shape index (κ2) is 3.63. The Morgan fingerprint density at radius 1 is 1.44 bits per heavy atom. The summed E-state index contributed by atoms with van der Waals surface area (Å²) in [6.07, 6.45) is 3.96. The summed E-state index contributed by atoms with van der Waals surface area (Å²) in [7, 11) is 0. The van der Waals surface area contributed by atoms with E-state index in [4.69, 9.17) is 0 Å². The van der Waals surface area contributed by atoms with Crippen LogP contribution in [0.15, 0.2) is 28.9 Å². The highest BCUT2D eigenvalue weighted by Crippen LogP contribution is 2.31. The van der Waals surface area contributed by atoms with Gasteiger partial charge in [-0.15, -0.1) is 0 Å². The van der Waals surface area contributed by atoms with Gasteiger partial charge < -0.3 is 10.3 Å². The maximum atomic E-state index is 11.6. The van der Waals surface area contributed by atoms with Crippen LogP contribution in [0.1, 0.15) is 12.8 Å². The van der Waals surface area contributed by atoms with Crippen LogP contribution >= 0.6 is 15.9 Å². The van der Waals surface area contributed by atoms with E-state index in [-0.39, 0.29) is 11.8 Å². The minimum Gasteiger partial charge on any atom is -0.360 e. The number of carbonyl (C=O) groups excluding carboxylic acids is 1. The van der Waals surface area contributed by atoms with Crippen molar-refractivity contribution in [2.45, 2.75) is 12.8 Å². The Bertz CT molecular complexity index is 557. The van der Waals surface area contributed by atoms with Crippen LogP contribution in [-0.2, 0) is 4.79 Å². The van der Waals surface area contributed by atoms with E-state index in [9.17, 15) is 4.79 Å². The summed E-state index contributed by atoms with van der Waals surface area (Å²) in [6, 6.07) is 5.88. The van der Waals surface area contributed by atoms with Crippen molar-refractivity contribution >= 4 is 38.4 Å². The summed E-state index contributed by atoms with van der Waals surface area (Å²) in [4.78, 5) is 14.7. The fourth-order valence-electron chi connectivity index (χ4n) is 1.75. The number of hydrogen-bond acceptors (Lipinski definition) is 1. The zero-order chi connectivity index (χ0) is 11.1. The molecule has 1 aromatic heterocycles. The van der Waals surface area contributed by atoms with Crippen LogP contribution in [0.3, 0.4) is 0 Å². The summed E-state index contributed by atoms with van der Waals surface area (Å²) in [5.74, 6) is 0.386. The standard InChI is InChI=1S/C12H11BrN2O/c13-10-6-14-11-4-3-8(5-9(10)11)15-12(16)7-1-2-7/h3-7,14H,1-2H2,(H,15,16). The Morgan fingerprint density at radius 2 is 2.25 bits per heavy atom. The Kier molecular flexibility index (Phi) is 2.24. The van der Waals surface area contributed by atoms with Crippen molar-refractivity contribution in [3.8, 4) is 0 Å². The van der Waals surface area contributed by atoms with Gasteiger partial charge in [0.15, 0.2) is 0 Å². The van der Waals surface area contributed by atoms with E-state index in [2.05, 4.69) is 26.2 Å². The van der Waals surface area contributed by atoms with Gasteiger partial charge in [-0.1, -0.05) is 0 Å². The number of anilines is 1. The zero-order valence-electron chi connectivity index (χ0n) is 8.59. The number of hydrogen-bond donors (Lipinski definition) is 2. The lowest BCUT2D eigenvalue weighted by atomic mass is 10.2. The molecule has 0 atom stereocenters. The van der Waals surface area contributed by atoms with E-state index in [1.165, 1.54) is 0 Å². The smallest absolute Gasteiger partial charge is 0.227 e. The molecule has 2 N–H and O–H groups in total. The first kappa shape index (κ1) is 9.90. The van der Waals surface area contributed by atoms with Crippen molar-refractivity contribution in [3.05, 3.63) is 28.9 Å². The molecule has 1 aliphatic rings. The zero-order valence-corrected chi connectivity index (χ0v) is 10.2. The van der Waals surface area contributed by atoms with Crippen molar-refractivity contribution in [3.63, 3.8) is 0 Å². The molecule has 0 spiro atoms. The molecule has 4 heteroatoms. The minimum atomic E-state index is 0.144. The minimum absolute atomic E-state index is 0.144. The Labute approximate surface area is 101 Å². The molecule has 0 bridgehead atoms. The van der Waals surface area contributed by atoms with Crippen molar-refractivity contribution in [1.82, 2.24) is 4.98 Å². The molecule has 3 nitrogen and oxygen atoms in total. The number of nitrogens with one attached hydrogen (secondary N) is 2. The molecule has 1 amide bonds. The van der Waals surface area contributed by atoms with Crippen LogP contribution < -0.4 is 5.32 Å². The van der Waals surface area contributed by atoms with Gasteiger partial charge in [-0.25, -0.2) is 0 Å². The topological polar surface area (TPSA) is 44.9 Å². The molecule has 0 radical (unpaired) electrons. The van der Waals surface area contributed by atoms with Crippen LogP contribution in [0, 0.1) is 5.92 Å². The van der Waals surface area contributed by atoms with Crippen LogP contribution in [0.2, 0.25) is 0 Å². The number of halogens is 1. The highest BCUT2D eigenvalue weighted by Gasteiger charge is 2.29. The van der Waals surface area contributed by atoms with Crippen molar-refractivity contribution in [2.75, 3.05) is 5.32 Å². The van der Waals surface area contributed by atoms with Crippen LogP contribution in [-0.4, -0.2) is 10.9 Å². The quantitative estimate of drug-likeness (QED) is 0.870. The lowest BCUT2D eigenvalue weighted by molar-refractivity contribution is -0.117. The van der Waals surface area contributed by atoms with Gasteiger partial charge in [-0.2, -0.15) is 0 Å². The number of H-pyrrole nitrogens is 1. The molecule has 1 aliphatic carbocycles. The molecule has 3 rings (SSSR count). The lowest BCUT2D eigenvalue weighted by Crippen LogP contribution is -2.12. The summed E-state index contributed by atoms with van der Waals surface area (Å²) in [5, 5.41) is 4.03. The highest BCUT2D eigenvalue weighted by molar-refractivity contribution is 9.10. The maximum absolute atomic E-state index is 11.6. The SMILES string of the molecule is O=C(Nc1ccc2[nH]cc(Br)c2c1)C1CC1. The van der Waals surface area contributed by atoms with Gasteiger partial charge in [-0.3, -0.25) is 4.79 Å². The molecule has 2 aromatic rings. The first-order chi connectivity index (χ1) is 7.74. The van der Waals surface area contributed by atoms with E-state index in [1.807, 2.05) is 24.4 Å². The Morgan fingerprint density at radius 3 is 3.00 bits per heavy atom. The maximum Gasteiger partial charge on any atom is 0.227 e. The normalized spacial score (nSPS) is 15.3. The second-order valence-corrected chi connectivity index (χ2v) is 5.01. The summed E-state index contributed by atoms with van der Waals surface area (Å²) in [6.45, 7) is 0. The summed E-state index contributed by atoms with van der Waals surface area (Å²) in [5.41, 5.74) is 1.93. The van der Waals surface area contributed by atoms with Gasteiger partial charge in [0.05, 0.1) is 0 Å². The van der Waals surface area contributed by atoms with Gasteiger partial charge in [-0.05, 0) is 47.0 Å². The van der Waals surface area contributed by atoms with E-state index < -0.39 is 0 Å². The first-order valence-corrected chi connectivity index (χ1v) is 6.11. The molecule has 0 saturated heterocycles. The number of amides is 1. The second-order valence-electron chi connectivity index (χ2n) is 4.16. The van der Waals surface area contributed by atoms with Gasteiger partial charge in [0.2, 0.25) is 5.91 Å². The molecule has 1 saturated carbocycles. The third-order valence-corrected chi connectivity index (χ3v) is 3.50. The van der Waals surface area contributed by atoms with Gasteiger partial charge in [0, 0.05) is 33.2 Å². The third kappa shape index (κ3) is 1.73. The first-order valence-electron chi connectivity index (χ1n) is 5.31. The van der Waals surface area contributed by atoms with Crippen LogP contribution in [0.5, 0.6) is 0 Å². The summed E-state index contributed by atoms with van der Waals surface area (Å²) >= 11 is 3.46. The Hall–Kier alpha value is -1.29. The number of benzene rings is 1. The molecule has 0 aliphatic heterocycles. The van der Waals surface area contributed by atoms with E-state index in [1.54, 1.807) is 0 Å². The number of aromatic nitrogens is 1. The van der Waals surface area contributed by atoms with Gasteiger partial charge in [0.1, 0.15) is 0 Å². The fourth-order valence-corrected chi connectivity index (χ4v) is 2.20. The lowest BCUT2D eigenvalue weighted by Gasteiger charge is -2.04. The number of fused-ring (bicyclic) bond motifs is 1. The molecular weight excluding hydrogens is 268 g/mol. The number of aromatic amines is 1. The largest absolute Gasteiger partial charge is 0.360 e. The van der Waals surface area contributed by atoms with Crippen molar-refractivity contribution in [1.29, 1.82) is 0 Å². The number of carbonyl (C=O) groups is 1. The highest BCUT2D eigenvalue weighted by atomic mass is 79.9. The molecule has 1 aromatic carbocycles. The average molecular weight is 279 g/mol. The van der Waals surface area contributed by atoms with Crippen LogP contribution in [0.25, 0.3) is 10.9 Å². The molecule has 16 heavy (non-hydrogen) atoms. The predicted octanol–water partition coefficient (Wildman–Crippen LogP) is 3.28. The van der Waals surface area contributed by atoms with E-state index >= 15 is 0 Å². The third-order valence-electron chi connectivity index (χ3n) is 2.85. The monoisotopic (exact) mass is 278 g/mol. The molecule has 82 valence electrons. The van der Waals surface area contributed by atoms with Gasteiger partial charge in [0.25, 0.3) is 0 Å². The van der Waals surface area contributed by atoms with Crippen molar-refractivity contribution in [2.24, 2.45) is 5.92 Å². The number of rotatable bonds is 2. The molecule has 1 fully saturated rings. The molecular formula is C12H11BrN2O. The van der Waals surface area contributed by atoms with Crippen LogP contribution in [0.4, 0.5) is 5.69 Å². The van der Waals surface area contributed by atoms with E-state index in [0.29, 0.717) is 0 Å². The summed E-state index contributed by atoms with van der Waals surface area (Å²) < 4.78 is 1.02. The molecule has 1 heterocycles. The Balaban J connectivity index is 1.91.